The molecule has 8 heteroatoms. The molecule has 6 nitrogen and oxygen atoms in total. The quantitative estimate of drug-likeness (QED) is 0.882. The van der Waals surface area contributed by atoms with Crippen LogP contribution in [0.5, 0.6) is 0 Å². The average Bonchev–Trinajstić information content (AvgIpc) is 2.59. The van der Waals surface area contributed by atoms with Crippen molar-refractivity contribution in [1.82, 2.24) is 5.43 Å². The second-order valence-electron chi connectivity index (χ2n) is 5.39. The largest absolute Gasteiger partial charge is 0.321 e. The topological polar surface area (TPSA) is 78.5 Å². The normalized spacial score (nSPS) is 14.2. The van der Waals surface area contributed by atoms with Crippen LogP contribution in [-0.4, -0.2) is 17.7 Å². The van der Waals surface area contributed by atoms with Gasteiger partial charge in [0.05, 0.1) is 16.4 Å². The van der Waals surface area contributed by atoms with Gasteiger partial charge in [0.15, 0.2) is 0 Å². The van der Waals surface area contributed by atoms with E-state index in [2.05, 4.69) is 10.7 Å². The third kappa shape index (κ3) is 3.77. The summed E-state index contributed by atoms with van der Waals surface area (Å²) in [6.45, 7) is 0. The molecule has 1 fully saturated rings. The monoisotopic (exact) mass is 361 g/mol. The van der Waals surface area contributed by atoms with E-state index >= 15 is 0 Å². The van der Waals surface area contributed by atoms with Crippen LogP contribution >= 0.6 is 11.6 Å². The van der Waals surface area contributed by atoms with Crippen LogP contribution in [0.15, 0.2) is 42.5 Å². The Kier molecular flexibility index (Phi) is 4.67. The van der Waals surface area contributed by atoms with Gasteiger partial charge in [0.2, 0.25) is 11.8 Å². The zero-order valence-electron chi connectivity index (χ0n) is 12.9. The number of amides is 3. The fourth-order valence-electron chi connectivity index (χ4n) is 2.33. The molecule has 2 aromatic carbocycles. The standard InChI is InChI=1S/C17H13ClFN3O3/c18-13-9-11(19)3-6-14(13)20-17(25)10-1-4-12(5-2-10)22-16(24)8-7-15(23)21-22/h1-6,9H,7-8H2,(H,20,25)(H,21,23). The first-order valence-corrected chi connectivity index (χ1v) is 7.81. The number of hydrogen-bond donors (Lipinski definition) is 2. The zero-order valence-corrected chi connectivity index (χ0v) is 13.6. The lowest BCUT2D eigenvalue weighted by atomic mass is 10.1. The number of anilines is 2. The predicted molar refractivity (Wildman–Crippen MR) is 90.7 cm³/mol. The van der Waals surface area contributed by atoms with Gasteiger partial charge in [-0.2, -0.15) is 0 Å². The first-order valence-electron chi connectivity index (χ1n) is 7.43. The number of benzene rings is 2. The molecule has 0 aromatic heterocycles. The lowest BCUT2D eigenvalue weighted by molar-refractivity contribution is -0.130. The van der Waals surface area contributed by atoms with E-state index in [4.69, 9.17) is 11.6 Å². The first-order chi connectivity index (χ1) is 11.9. The third-order valence-electron chi connectivity index (χ3n) is 3.62. The van der Waals surface area contributed by atoms with Crippen LogP contribution in [0.3, 0.4) is 0 Å². The molecule has 0 saturated carbocycles. The Morgan fingerprint density at radius 2 is 1.84 bits per heavy atom. The molecule has 0 bridgehead atoms. The van der Waals surface area contributed by atoms with Crippen molar-refractivity contribution >= 4 is 40.7 Å². The maximum atomic E-state index is 13.0. The third-order valence-corrected chi connectivity index (χ3v) is 3.93. The molecular formula is C17H13ClFN3O3. The molecule has 0 atom stereocenters. The van der Waals surface area contributed by atoms with E-state index in [1.54, 1.807) is 12.1 Å². The molecule has 0 radical (unpaired) electrons. The molecule has 2 N–H and O–H groups in total. The highest BCUT2D eigenvalue weighted by Gasteiger charge is 2.24. The fraction of sp³-hybridized carbons (Fsp3) is 0.118. The van der Waals surface area contributed by atoms with Gasteiger partial charge in [0, 0.05) is 18.4 Å². The van der Waals surface area contributed by atoms with Crippen LogP contribution in [0, 0.1) is 5.82 Å². The van der Waals surface area contributed by atoms with Gasteiger partial charge in [-0.1, -0.05) is 11.6 Å². The zero-order chi connectivity index (χ0) is 18.0. The van der Waals surface area contributed by atoms with Crippen molar-refractivity contribution < 1.29 is 18.8 Å². The van der Waals surface area contributed by atoms with Crippen LogP contribution in [0.1, 0.15) is 23.2 Å². The maximum absolute atomic E-state index is 13.0. The summed E-state index contributed by atoms with van der Waals surface area (Å²) < 4.78 is 13.0. The smallest absolute Gasteiger partial charge is 0.255 e. The fourth-order valence-corrected chi connectivity index (χ4v) is 2.55. The summed E-state index contributed by atoms with van der Waals surface area (Å²) in [6.07, 6.45) is 0.297. The number of halogens is 2. The van der Waals surface area contributed by atoms with Crippen LogP contribution in [0.2, 0.25) is 5.02 Å². The number of carbonyl (C=O) groups excluding carboxylic acids is 3. The molecule has 1 heterocycles. The van der Waals surface area contributed by atoms with Gasteiger partial charge < -0.3 is 5.32 Å². The molecule has 2 aromatic rings. The number of carbonyl (C=O) groups is 3. The summed E-state index contributed by atoms with van der Waals surface area (Å²) in [7, 11) is 0. The van der Waals surface area contributed by atoms with Gasteiger partial charge in [-0.3, -0.25) is 19.8 Å². The van der Waals surface area contributed by atoms with Crippen LogP contribution < -0.4 is 15.8 Å². The molecule has 25 heavy (non-hydrogen) atoms. The van der Waals surface area contributed by atoms with Gasteiger partial charge >= 0.3 is 0 Å². The van der Waals surface area contributed by atoms with Gasteiger partial charge in [0.25, 0.3) is 5.91 Å². The summed E-state index contributed by atoms with van der Waals surface area (Å²) in [5, 5.41) is 3.83. The minimum atomic E-state index is -0.499. The molecule has 0 unspecified atom stereocenters. The summed E-state index contributed by atoms with van der Waals surface area (Å²) in [4.78, 5) is 35.5. The minimum absolute atomic E-state index is 0.0894. The Balaban J connectivity index is 1.74. The van der Waals surface area contributed by atoms with Crippen molar-refractivity contribution in [1.29, 1.82) is 0 Å². The Morgan fingerprint density at radius 3 is 2.52 bits per heavy atom. The Labute approximate surface area is 147 Å². The van der Waals surface area contributed by atoms with E-state index in [0.29, 0.717) is 11.3 Å². The molecule has 3 rings (SSSR count). The lowest BCUT2D eigenvalue weighted by Gasteiger charge is -2.27. The van der Waals surface area contributed by atoms with E-state index in [1.807, 2.05) is 0 Å². The van der Waals surface area contributed by atoms with E-state index in [-0.39, 0.29) is 35.4 Å². The molecule has 1 saturated heterocycles. The summed E-state index contributed by atoms with van der Waals surface area (Å²) >= 11 is 5.88. The molecule has 0 spiro atoms. The van der Waals surface area contributed by atoms with Crippen molar-refractivity contribution in [2.24, 2.45) is 0 Å². The van der Waals surface area contributed by atoms with Crippen molar-refractivity contribution in [2.45, 2.75) is 12.8 Å². The first kappa shape index (κ1) is 16.9. The summed E-state index contributed by atoms with van der Waals surface area (Å²) in [5.74, 6) is -1.41. The van der Waals surface area contributed by atoms with Crippen LogP contribution in [-0.2, 0) is 9.59 Å². The molecule has 128 valence electrons. The molecule has 3 amide bonds. The van der Waals surface area contributed by atoms with E-state index in [9.17, 15) is 18.8 Å². The van der Waals surface area contributed by atoms with Crippen LogP contribution in [0.25, 0.3) is 0 Å². The highest BCUT2D eigenvalue weighted by Crippen LogP contribution is 2.23. The van der Waals surface area contributed by atoms with Gasteiger partial charge in [-0.05, 0) is 42.5 Å². The Hall–Kier alpha value is -2.93. The minimum Gasteiger partial charge on any atom is -0.321 e. The number of nitrogens with one attached hydrogen (secondary N) is 2. The molecule has 0 aliphatic carbocycles. The van der Waals surface area contributed by atoms with Crippen molar-refractivity contribution in [3.63, 3.8) is 0 Å². The van der Waals surface area contributed by atoms with E-state index < -0.39 is 11.7 Å². The number of rotatable bonds is 3. The number of hydrazine groups is 1. The van der Waals surface area contributed by atoms with Gasteiger partial charge in [-0.25, -0.2) is 9.40 Å². The van der Waals surface area contributed by atoms with Gasteiger partial charge in [0.1, 0.15) is 5.82 Å². The number of nitrogens with zero attached hydrogens (tertiary/aromatic N) is 1. The SMILES string of the molecule is O=C1CCC(=O)N(c2ccc(C(=O)Nc3ccc(F)cc3Cl)cc2)N1. The van der Waals surface area contributed by atoms with Crippen LogP contribution in [0.4, 0.5) is 15.8 Å². The average molecular weight is 362 g/mol. The molecule has 1 aliphatic rings. The predicted octanol–water partition coefficient (Wildman–Crippen LogP) is 2.89. The second kappa shape index (κ2) is 6.90. The highest BCUT2D eigenvalue weighted by atomic mass is 35.5. The second-order valence-corrected chi connectivity index (χ2v) is 5.80. The highest BCUT2D eigenvalue weighted by molar-refractivity contribution is 6.33. The molecular weight excluding hydrogens is 349 g/mol. The Bertz CT molecular complexity index is 855. The summed E-state index contributed by atoms with van der Waals surface area (Å²) in [6, 6.07) is 9.77. The molecule has 1 aliphatic heterocycles. The maximum Gasteiger partial charge on any atom is 0.255 e. The Morgan fingerprint density at radius 1 is 1.12 bits per heavy atom. The van der Waals surface area contributed by atoms with Crippen molar-refractivity contribution in [3.05, 3.63) is 58.9 Å². The van der Waals surface area contributed by atoms with Crippen molar-refractivity contribution in [2.75, 3.05) is 10.3 Å². The number of hydrogen-bond acceptors (Lipinski definition) is 3. The van der Waals surface area contributed by atoms with Gasteiger partial charge in [-0.15, -0.1) is 0 Å². The summed E-state index contributed by atoms with van der Waals surface area (Å²) in [5.41, 5.74) is 3.54. The van der Waals surface area contributed by atoms with E-state index in [1.165, 1.54) is 24.3 Å². The van der Waals surface area contributed by atoms with Crippen molar-refractivity contribution in [3.8, 4) is 0 Å². The lowest BCUT2D eigenvalue weighted by Crippen LogP contribution is -2.50. The van der Waals surface area contributed by atoms with E-state index in [0.717, 1.165) is 11.1 Å².